The van der Waals surface area contributed by atoms with Crippen molar-refractivity contribution in [1.29, 1.82) is 0 Å². The van der Waals surface area contributed by atoms with Crippen LogP contribution in [0.2, 0.25) is 5.02 Å². The molecule has 3 rings (SSSR count). The number of halogens is 1. The molecule has 8 heteroatoms. The number of hydrogen-bond acceptors (Lipinski definition) is 3. The zero-order chi connectivity index (χ0) is 20.1. The molecule has 1 aliphatic heterocycles. The number of carbonyl (C=O) groups excluding carboxylic acids is 1. The third kappa shape index (κ3) is 4.66. The van der Waals surface area contributed by atoms with Crippen LogP contribution in [0.25, 0.3) is 0 Å². The number of rotatable bonds is 5. The third-order valence-electron chi connectivity index (χ3n) is 4.86. The summed E-state index contributed by atoms with van der Waals surface area (Å²) in [6.45, 7) is 3.25. The number of hydrogen-bond donors (Lipinski definition) is 1. The Kier molecular flexibility index (Phi) is 6.59. The fraction of sp³-hybridized carbons (Fsp3) is 0.350. The molecule has 2 amide bonds. The number of piperazine rings is 1. The number of benzene rings is 2. The van der Waals surface area contributed by atoms with Crippen LogP contribution in [-0.2, 0) is 10.0 Å². The lowest BCUT2D eigenvalue weighted by molar-refractivity contribution is 0.168. The van der Waals surface area contributed by atoms with E-state index in [1.54, 1.807) is 41.3 Å². The minimum absolute atomic E-state index is 0.141. The number of carbonyl (C=O) groups is 1. The van der Waals surface area contributed by atoms with Gasteiger partial charge in [0, 0.05) is 31.2 Å². The molecule has 28 heavy (non-hydrogen) atoms. The van der Waals surface area contributed by atoms with Gasteiger partial charge >= 0.3 is 6.03 Å². The molecule has 1 N–H and O–H groups in total. The van der Waals surface area contributed by atoms with Crippen molar-refractivity contribution in [2.45, 2.75) is 24.3 Å². The average molecular weight is 422 g/mol. The highest BCUT2D eigenvalue weighted by molar-refractivity contribution is 7.89. The van der Waals surface area contributed by atoms with E-state index >= 15 is 0 Å². The number of nitrogens with one attached hydrogen (secondary N) is 1. The number of amides is 2. The SMILES string of the molecule is CCC(NC(=O)N1CCN(S(=O)(=O)c2ccccc2)CC1)c1cccc(Cl)c1. The second-order valence-corrected chi connectivity index (χ2v) is 9.04. The van der Waals surface area contributed by atoms with E-state index < -0.39 is 10.0 Å². The predicted molar refractivity (Wildman–Crippen MR) is 110 cm³/mol. The maximum atomic E-state index is 12.7. The second kappa shape index (κ2) is 8.94. The molecule has 2 aromatic rings. The van der Waals surface area contributed by atoms with Gasteiger partial charge in [0.25, 0.3) is 0 Å². The first-order valence-corrected chi connectivity index (χ1v) is 11.1. The molecule has 0 bridgehead atoms. The molecule has 0 aliphatic carbocycles. The Morgan fingerprint density at radius 2 is 1.75 bits per heavy atom. The Bertz CT molecular complexity index is 913. The van der Waals surface area contributed by atoms with Gasteiger partial charge < -0.3 is 10.2 Å². The van der Waals surface area contributed by atoms with E-state index in [0.29, 0.717) is 18.1 Å². The zero-order valence-corrected chi connectivity index (χ0v) is 17.3. The Morgan fingerprint density at radius 3 is 2.36 bits per heavy atom. The molecule has 6 nitrogen and oxygen atoms in total. The number of sulfonamides is 1. The van der Waals surface area contributed by atoms with E-state index in [1.807, 2.05) is 25.1 Å². The third-order valence-corrected chi connectivity index (χ3v) is 7.01. The largest absolute Gasteiger partial charge is 0.331 e. The maximum Gasteiger partial charge on any atom is 0.317 e. The first-order chi connectivity index (χ1) is 13.4. The van der Waals surface area contributed by atoms with Crippen molar-refractivity contribution in [2.24, 2.45) is 0 Å². The molecule has 1 unspecified atom stereocenters. The first-order valence-electron chi connectivity index (χ1n) is 9.28. The van der Waals surface area contributed by atoms with Crippen molar-refractivity contribution in [2.75, 3.05) is 26.2 Å². The Labute approximate surface area is 171 Å². The van der Waals surface area contributed by atoms with Crippen molar-refractivity contribution < 1.29 is 13.2 Å². The average Bonchev–Trinajstić information content (AvgIpc) is 2.72. The van der Waals surface area contributed by atoms with Gasteiger partial charge in [0.2, 0.25) is 10.0 Å². The fourth-order valence-electron chi connectivity index (χ4n) is 3.26. The van der Waals surface area contributed by atoms with Gasteiger partial charge in [0.1, 0.15) is 0 Å². The predicted octanol–water partition coefficient (Wildman–Crippen LogP) is 3.51. The second-order valence-electron chi connectivity index (χ2n) is 6.67. The van der Waals surface area contributed by atoms with Crippen molar-refractivity contribution in [3.8, 4) is 0 Å². The van der Waals surface area contributed by atoms with Crippen molar-refractivity contribution in [1.82, 2.24) is 14.5 Å². The van der Waals surface area contributed by atoms with Crippen LogP contribution in [0.1, 0.15) is 24.9 Å². The summed E-state index contributed by atoms with van der Waals surface area (Å²) >= 11 is 6.05. The Morgan fingerprint density at radius 1 is 1.07 bits per heavy atom. The molecule has 1 fully saturated rings. The van der Waals surface area contributed by atoms with Crippen molar-refractivity contribution >= 4 is 27.7 Å². The highest BCUT2D eigenvalue weighted by atomic mass is 35.5. The van der Waals surface area contributed by atoms with Crippen LogP contribution in [0.4, 0.5) is 4.79 Å². The molecule has 1 atom stereocenters. The lowest BCUT2D eigenvalue weighted by Crippen LogP contribution is -2.53. The normalized spacial score (nSPS) is 16.6. The molecule has 1 heterocycles. The molecule has 0 aromatic heterocycles. The summed E-state index contributed by atoms with van der Waals surface area (Å²) in [6.07, 6.45) is 0.731. The lowest BCUT2D eigenvalue weighted by atomic mass is 10.0. The van der Waals surface area contributed by atoms with Crippen LogP contribution in [0.15, 0.2) is 59.5 Å². The fourth-order valence-corrected chi connectivity index (χ4v) is 4.90. The van der Waals surface area contributed by atoms with E-state index in [0.717, 1.165) is 12.0 Å². The first kappa shape index (κ1) is 20.6. The molecule has 2 aromatic carbocycles. The maximum absolute atomic E-state index is 12.7. The van der Waals surface area contributed by atoms with E-state index in [-0.39, 0.29) is 30.1 Å². The molecule has 150 valence electrons. The molecular formula is C20H24ClN3O3S. The summed E-state index contributed by atoms with van der Waals surface area (Å²) < 4.78 is 26.8. The van der Waals surface area contributed by atoms with E-state index in [1.165, 1.54) is 4.31 Å². The highest BCUT2D eigenvalue weighted by Gasteiger charge is 2.30. The molecule has 1 aliphatic rings. The van der Waals surface area contributed by atoms with Crippen molar-refractivity contribution in [3.05, 3.63) is 65.2 Å². The summed E-state index contributed by atoms with van der Waals surface area (Å²) in [7, 11) is -3.53. The van der Waals surface area contributed by atoms with E-state index in [4.69, 9.17) is 11.6 Å². The van der Waals surface area contributed by atoms with Gasteiger partial charge in [-0.2, -0.15) is 4.31 Å². The van der Waals surface area contributed by atoms with Crippen LogP contribution in [-0.4, -0.2) is 49.8 Å². The standard InChI is InChI=1S/C20H24ClN3O3S/c1-2-19(16-7-6-8-17(21)15-16)22-20(25)23-11-13-24(14-12-23)28(26,27)18-9-4-3-5-10-18/h3-10,15,19H,2,11-14H2,1H3,(H,22,25). The van der Waals surface area contributed by atoms with E-state index in [9.17, 15) is 13.2 Å². The van der Waals surface area contributed by atoms with Gasteiger partial charge in [-0.25, -0.2) is 13.2 Å². The van der Waals surface area contributed by atoms with Crippen LogP contribution in [0, 0.1) is 0 Å². The summed E-state index contributed by atoms with van der Waals surface area (Å²) in [6, 6.07) is 15.5. The highest BCUT2D eigenvalue weighted by Crippen LogP contribution is 2.21. The quantitative estimate of drug-likeness (QED) is 0.803. The van der Waals surface area contributed by atoms with Gasteiger partial charge in [-0.3, -0.25) is 0 Å². The van der Waals surface area contributed by atoms with Gasteiger partial charge in [-0.05, 0) is 36.2 Å². The zero-order valence-electron chi connectivity index (χ0n) is 15.7. The van der Waals surface area contributed by atoms with Gasteiger partial charge in [0.15, 0.2) is 0 Å². The summed E-state index contributed by atoms with van der Waals surface area (Å²) in [5.41, 5.74) is 0.952. The molecule has 1 saturated heterocycles. The van der Waals surface area contributed by atoms with Crippen molar-refractivity contribution in [3.63, 3.8) is 0 Å². The summed E-state index contributed by atoms with van der Waals surface area (Å²) in [4.78, 5) is 14.6. The molecule has 0 radical (unpaired) electrons. The summed E-state index contributed by atoms with van der Waals surface area (Å²) in [5, 5.41) is 3.66. The van der Waals surface area contributed by atoms with Gasteiger partial charge in [-0.1, -0.05) is 48.9 Å². The monoisotopic (exact) mass is 421 g/mol. The van der Waals surface area contributed by atoms with Crippen LogP contribution >= 0.6 is 11.6 Å². The van der Waals surface area contributed by atoms with Gasteiger partial charge in [-0.15, -0.1) is 0 Å². The smallest absolute Gasteiger partial charge is 0.317 e. The minimum Gasteiger partial charge on any atom is -0.331 e. The summed E-state index contributed by atoms with van der Waals surface area (Å²) in [5.74, 6) is 0. The van der Waals surface area contributed by atoms with Crippen LogP contribution in [0.3, 0.4) is 0 Å². The van der Waals surface area contributed by atoms with Crippen LogP contribution < -0.4 is 5.32 Å². The van der Waals surface area contributed by atoms with Crippen LogP contribution in [0.5, 0.6) is 0 Å². The topological polar surface area (TPSA) is 69.7 Å². The number of nitrogens with zero attached hydrogens (tertiary/aromatic N) is 2. The Balaban J connectivity index is 1.60. The Hall–Kier alpha value is -2.09. The number of urea groups is 1. The van der Waals surface area contributed by atoms with E-state index in [2.05, 4.69) is 5.32 Å². The lowest BCUT2D eigenvalue weighted by Gasteiger charge is -2.35. The van der Waals surface area contributed by atoms with Gasteiger partial charge in [0.05, 0.1) is 10.9 Å². The molecule has 0 saturated carbocycles. The molecular weight excluding hydrogens is 398 g/mol. The minimum atomic E-state index is -3.53. The molecule has 0 spiro atoms.